The summed E-state index contributed by atoms with van der Waals surface area (Å²) in [5.41, 5.74) is 4.71. The minimum atomic E-state index is 0. The largest absolute Gasteiger partial charge is 0.493 e. The van der Waals surface area contributed by atoms with E-state index in [1.165, 1.54) is 22.0 Å². The van der Waals surface area contributed by atoms with Crippen molar-refractivity contribution in [3.63, 3.8) is 0 Å². The molecule has 3 N–H and O–H groups in total. The third kappa shape index (κ3) is 6.93. The molecule has 0 fully saturated rings. The number of aromatic amines is 1. The Kier molecular flexibility index (Phi) is 10.6. The number of ether oxygens (including phenoxy) is 3. The SMILES string of the molecule is CCNC(=NCc1cc(OC)c(OCC)c(OC)c1)NCCc1c[nH]c2cc(C)ccc12.I. The van der Waals surface area contributed by atoms with Gasteiger partial charge in [0.15, 0.2) is 17.5 Å². The Bertz CT molecular complexity index is 1040. The molecule has 0 atom stereocenters. The van der Waals surface area contributed by atoms with Crippen molar-refractivity contribution in [2.75, 3.05) is 33.9 Å². The van der Waals surface area contributed by atoms with Gasteiger partial charge in [-0.3, -0.25) is 0 Å². The molecule has 0 amide bonds. The highest BCUT2D eigenvalue weighted by atomic mass is 127. The number of hydrogen-bond donors (Lipinski definition) is 3. The molecule has 0 unspecified atom stereocenters. The minimum absolute atomic E-state index is 0. The Labute approximate surface area is 213 Å². The fourth-order valence-corrected chi connectivity index (χ4v) is 3.65. The number of rotatable bonds is 10. The van der Waals surface area contributed by atoms with Crippen LogP contribution in [0.25, 0.3) is 10.9 Å². The second-order valence-corrected chi connectivity index (χ2v) is 7.50. The Balaban J connectivity index is 0.00000385. The first kappa shape index (κ1) is 26.6. The van der Waals surface area contributed by atoms with E-state index in [9.17, 15) is 0 Å². The first-order chi connectivity index (χ1) is 15.6. The Hall–Kier alpha value is -2.62. The first-order valence-electron chi connectivity index (χ1n) is 11.1. The van der Waals surface area contributed by atoms with Crippen LogP contribution in [0.2, 0.25) is 0 Å². The van der Waals surface area contributed by atoms with Crippen molar-refractivity contribution in [2.24, 2.45) is 4.99 Å². The molecule has 0 spiro atoms. The van der Waals surface area contributed by atoms with Crippen molar-refractivity contribution >= 4 is 40.8 Å². The molecular formula is C25H35IN4O3. The second-order valence-electron chi connectivity index (χ2n) is 7.50. The third-order valence-electron chi connectivity index (χ3n) is 5.18. The number of aryl methyl sites for hydroxylation is 1. The Morgan fingerprint density at radius 2 is 1.76 bits per heavy atom. The number of nitrogens with one attached hydrogen (secondary N) is 3. The van der Waals surface area contributed by atoms with Gasteiger partial charge in [-0.05, 0) is 62.1 Å². The topological polar surface area (TPSA) is 79.9 Å². The lowest BCUT2D eigenvalue weighted by Gasteiger charge is -2.15. The van der Waals surface area contributed by atoms with E-state index in [1.807, 2.05) is 19.1 Å². The second kappa shape index (κ2) is 13.2. The average Bonchev–Trinajstić information content (AvgIpc) is 3.19. The smallest absolute Gasteiger partial charge is 0.203 e. The number of halogens is 1. The van der Waals surface area contributed by atoms with Gasteiger partial charge in [0.05, 0.1) is 27.4 Å². The van der Waals surface area contributed by atoms with Crippen LogP contribution in [-0.4, -0.2) is 44.9 Å². The van der Waals surface area contributed by atoms with E-state index in [-0.39, 0.29) is 24.0 Å². The summed E-state index contributed by atoms with van der Waals surface area (Å²) in [6, 6.07) is 10.4. The zero-order valence-corrected chi connectivity index (χ0v) is 22.4. The van der Waals surface area contributed by atoms with Gasteiger partial charge in [-0.1, -0.05) is 12.1 Å². The summed E-state index contributed by atoms with van der Waals surface area (Å²) in [7, 11) is 3.25. The van der Waals surface area contributed by atoms with Crippen molar-refractivity contribution < 1.29 is 14.2 Å². The molecule has 8 heteroatoms. The van der Waals surface area contributed by atoms with Gasteiger partial charge in [0.25, 0.3) is 0 Å². The van der Waals surface area contributed by atoms with Crippen LogP contribution in [0.5, 0.6) is 17.2 Å². The van der Waals surface area contributed by atoms with E-state index in [4.69, 9.17) is 19.2 Å². The number of fused-ring (bicyclic) bond motifs is 1. The lowest BCUT2D eigenvalue weighted by atomic mass is 10.1. The summed E-state index contributed by atoms with van der Waals surface area (Å²) in [5, 5.41) is 8.01. The Morgan fingerprint density at radius 1 is 1.03 bits per heavy atom. The van der Waals surface area contributed by atoms with Gasteiger partial charge < -0.3 is 29.8 Å². The lowest BCUT2D eigenvalue weighted by molar-refractivity contribution is 0.288. The normalized spacial score (nSPS) is 11.1. The van der Waals surface area contributed by atoms with E-state index < -0.39 is 0 Å². The van der Waals surface area contributed by atoms with Gasteiger partial charge in [0, 0.05) is 30.2 Å². The fraction of sp³-hybridized carbons (Fsp3) is 0.400. The van der Waals surface area contributed by atoms with Crippen LogP contribution in [-0.2, 0) is 13.0 Å². The molecule has 1 heterocycles. The van der Waals surface area contributed by atoms with E-state index >= 15 is 0 Å². The third-order valence-corrected chi connectivity index (χ3v) is 5.18. The Morgan fingerprint density at radius 3 is 2.39 bits per heavy atom. The lowest BCUT2D eigenvalue weighted by Crippen LogP contribution is -2.38. The quantitative estimate of drug-likeness (QED) is 0.187. The molecular weight excluding hydrogens is 531 g/mol. The van der Waals surface area contributed by atoms with Crippen LogP contribution in [0, 0.1) is 6.92 Å². The number of aromatic nitrogens is 1. The predicted molar refractivity (Wildman–Crippen MR) is 146 cm³/mol. The molecule has 0 aliphatic carbocycles. The van der Waals surface area contributed by atoms with Gasteiger partial charge in [0.1, 0.15) is 0 Å². The zero-order chi connectivity index (χ0) is 22.9. The molecule has 7 nitrogen and oxygen atoms in total. The van der Waals surface area contributed by atoms with Gasteiger partial charge in [-0.2, -0.15) is 0 Å². The summed E-state index contributed by atoms with van der Waals surface area (Å²) in [6.07, 6.45) is 2.99. The number of benzene rings is 2. The van der Waals surface area contributed by atoms with Crippen LogP contribution in [0.4, 0.5) is 0 Å². The standard InChI is InChI=1S/C25H34N4O3.HI/c1-6-26-25(27-11-10-19-16-28-21-12-17(3)8-9-20(19)21)29-15-18-13-22(30-4)24(32-7-2)23(14-18)31-5;/h8-9,12-14,16,28H,6-7,10-11,15H2,1-5H3,(H2,26,27,29);1H. The van der Waals surface area contributed by atoms with Crippen molar-refractivity contribution in [3.05, 3.63) is 53.2 Å². The van der Waals surface area contributed by atoms with Crippen LogP contribution in [0.3, 0.4) is 0 Å². The first-order valence-corrected chi connectivity index (χ1v) is 11.1. The molecule has 3 rings (SSSR count). The van der Waals surface area contributed by atoms with Gasteiger partial charge in [0.2, 0.25) is 5.75 Å². The summed E-state index contributed by atoms with van der Waals surface area (Å²) in [6.45, 7) is 8.69. The van der Waals surface area contributed by atoms with Crippen molar-refractivity contribution in [1.82, 2.24) is 15.6 Å². The van der Waals surface area contributed by atoms with E-state index in [0.717, 1.165) is 31.0 Å². The molecule has 0 radical (unpaired) electrons. The molecule has 180 valence electrons. The monoisotopic (exact) mass is 566 g/mol. The number of methoxy groups -OCH3 is 2. The predicted octanol–water partition coefficient (Wildman–Crippen LogP) is 4.81. The highest BCUT2D eigenvalue weighted by Gasteiger charge is 2.14. The van der Waals surface area contributed by atoms with E-state index in [1.54, 1.807) is 14.2 Å². The molecule has 3 aromatic rings. The zero-order valence-electron chi connectivity index (χ0n) is 20.1. The molecule has 33 heavy (non-hydrogen) atoms. The highest BCUT2D eigenvalue weighted by Crippen LogP contribution is 2.38. The molecule has 0 aliphatic heterocycles. The number of aliphatic imine (C=N–C) groups is 1. The molecule has 0 saturated carbocycles. The van der Waals surface area contributed by atoms with Crippen molar-refractivity contribution in [1.29, 1.82) is 0 Å². The number of guanidine groups is 1. The van der Waals surface area contributed by atoms with Crippen LogP contribution < -0.4 is 24.8 Å². The number of hydrogen-bond acceptors (Lipinski definition) is 4. The fourth-order valence-electron chi connectivity index (χ4n) is 3.65. The molecule has 0 aliphatic rings. The van der Waals surface area contributed by atoms with Gasteiger partial charge in [-0.25, -0.2) is 4.99 Å². The molecule has 1 aromatic heterocycles. The minimum Gasteiger partial charge on any atom is -0.493 e. The summed E-state index contributed by atoms with van der Waals surface area (Å²) in [4.78, 5) is 8.10. The van der Waals surface area contributed by atoms with Crippen LogP contribution in [0.15, 0.2) is 41.5 Å². The maximum absolute atomic E-state index is 5.68. The molecule has 2 aromatic carbocycles. The maximum atomic E-state index is 5.68. The van der Waals surface area contributed by atoms with Crippen molar-refractivity contribution in [3.8, 4) is 17.2 Å². The maximum Gasteiger partial charge on any atom is 0.203 e. The van der Waals surface area contributed by atoms with Gasteiger partial charge in [-0.15, -0.1) is 24.0 Å². The number of nitrogens with zero attached hydrogens (tertiary/aromatic N) is 1. The molecule has 0 bridgehead atoms. The highest BCUT2D eigenvalue weighted by molar-refractivity contribution is 14.0. The summed E-state index contributed by atoms with van der Waals surface area (Å²) >= 11 is 0. The van der Waals surface area contributed by atoms with Crippen LogP contribution >= 0.6 is 24.0 Å². The summed E-state index contributed by atoms with van der Waals surface area (Å²) in [5.74, 6) is 2.67. The summed E-state index contributed by atoms with van der Waals surface area (Å²) < 4.78 is 16.7. The average molecular weight is 566 g/mol. The van der Waals surface area contributed by atoms with Gasteiger partial charge >= 0.3 is 0 Å². The van der Waals surface area contributed by atoms with E-state index in [0.29, 0.717) is 30.4 Å². The van der Waals surface area contributed by atoms with Crippen molar-refractivity contribution in [2.45, 2.75) is 33.7 Å². The number of H-pyrrole nitrogens is 1. The van der Waals surface area contributed by atoms with E-state index in [2.05, 4.69) is 53.9 Å². The molecule has 0 saturated heterocycles. The van der Waals surface area contributed by atoms with Crippen LogP contribution in [0.1, 0.15) is 30.5 Å².